The number of amides is 2. The van der Waals surface area contributed by atoms with E-state index in [9.17, 15) is 9.59 Å². The van der Waals surface area contributed by atoms with Crippen molar-refractivity contribution in [2.45, 2.75) is 4.34 Å². The Morgan fingerprint density at radius 2 is 2.05 bits per heavy atom. The van der Waals surface area contributed by atoms with Crippen LogP contribution < -0.4 is 11.1 Å². The number of aromatic nitrogens is 1. The van der Waals surface area contributed by atoms with Gasteiger partial charge >= 0.3 is 0 Å². The standard InChI is InChI=1S/C13H13N3O2S2/c14-11(17)6-15-12(18)8-20-13-16-10(7-19-13)9-4-2-1-3-5-9/h1-5,7H,6,8H2,(H2,14,17)(H,15,18). The normalized spacial score (nSPS) is 10.2. The number of nitrogens with one attached hydrogen (secondary N) is 1. The fraction of sp³-hybridized carbons (Fsp3) is 0.154. The average molecular weight is 307 g/mol. The summed E-state index contributed by atoms with van der Waals surface area (Å²) in [5, 5.41) is 4.39. The number of rotatable bonds is 6. The molecule has 1 aromatic heterocycles. The third-order valence-corrected chi connectivity index (χ3v) is 4.36. The van der Waals surface area contributed by atoms with Crippen LogP contribution in [0.25, 0.3) is 11.3 Å². The first kappa shape index (κ1) is 14.5. The van der Waals surface area contributed by atoms with Crippen molar-refractivity contribution in [2.24, 2.45) is 5.73 Å². The number of hydrogen-bond donors (Lipinski definition) is 2. The van der Waals surface area contributed by atoms with Gasteiger partial charge in [0.2, 0.25) is 11.8 Å². The number of thioether (sulfide) groups is 1. The van der Waals surface area contributed by atoms with Crippen molar-refractivity contribution in [1.82, 2.24) is 10.3 Å². The molecule has 1 heterocycles. The van der Waals surface area contributed by atoms with E-state index in [1.165, 1.54) is 23.1 Å². The number of nitrogens with zero attached hydrogens (tertiary/aromatic N) is 1. The number of primary amides is 1. The van der Waals surface area contributed by atoms with Gasteiger partial charge in [-0.05, 0) is 0 Å². The predicted molar refractivity (Wildman–Crippen MR) is 80.5 cm³/mol. The van der Waals surface area contributed by atoms with Gasteiger partial charge in [0.1, 0.15) is 0 Å². The maximum absolute atomic E-state index is 11.4. The molecule has 0 bridgehead atoms. The van der Waals surface area contributed by atoms with Gasteiger partial charge in [-0.2, -0.15) is 0 Å². The van der Waals surface area contributed by atoms with Crippen LogP contribution in [-0.2, 0) is 9.59 Å². The number of carbonyl (C=O) groups is 2. The third kappa shape index (κ3) is 4.36. The molecule has 0 saturated heterocycles. The molecule has 7 heteroatoms. The van der Waals surface area contributed by atoms with Crippen LogP contribution in [-0.4, -0.2) is 29.1 Å². The second-order valence-corrected chi connectivity index (χ2v) is 5.98. The first-order chi connectivity index (χ1) is 9.65. The lowest BCUT2D eigenvalue weighted by Gasteiger charge is -2.00. The van der Waals surface area contributed by atoms with Crippen molar-refractivity contribution in [1.29, 1.82) is 0 Å². The summed E-state index contributed by atoms with van der Waals surface area (Å²) in [5.41, 5.74) is 6.89. The highest BCUT2D eigenvalue weighted by Crippen LogP contribution is 2.27. The molecule has 0 aliphatic carbocycles. The molecule has 0 aliphatic rings. The minimum Gasteiger partial charge on any atom is -0.368 e. The zero-order chi connectivity index (χ0) is 14.4. The highest BCUT2D eigenvalue weighted by molar-refractivity contribution is 8.01. The highest BCUT2D eigenvalue weighted by atomic mass is 32.2. The SMILES string of the molecule is NC(=O)CNC(=O)CSc1nc(-c2ccccc2)cs1. The van der Waals surface area contributed by atoms with Gasteiger partial charge in [0, 0.05) is 10.9 Å². The summed E-state index contributed by atoms with van der Waals surface area (Å²) in [7, 11) is 0. The molecule has 2 amide bonds. The molecule has 0 spiro atoms. The molecular formula is C13H13N3O2S2. The Morgan fingerprint density at radius 3 is 2.75 bits per heavy atom. The van der Waals surface area contributed by atoms with Crippen LogP contribution in [0, 0.1) is 0 Å². The van der Waals surface area contributed by atoms with Gasteiger partial charge in [-0.3, -0.25) is 9.59 Å². The molecule has 3 N–H and O–H groups in total. The fourth-order valence-electron chi connectivity index (χ4n) is 1.43. The summed E-state index contributed by atoms with van der Waals surface area (Å²) < 4.78 is 0.818. The quantitative estimate of drug-likeness (QED) is 0.792. The van der Waals surface area contributed by atoms with Crippen molar-refractivity contribution in [3.63, 3.8) is 0 Å². The lowest BCUT2D eigenvalue weighted by molar-refractivity contribution is -0.123. The van der Waals surface area contributed by atoms with Gasteiger partial charge in [-0.1, -0.05) is 42.1 Å². The van der Waals surface area contributed by atoms with E-state index < -0.39 is 5.91 Å². The summed E-state index contributed by atoms with van der Waals surface area (Å²) >= 11 is 2.83. The molecule has 0 aliphatic heterocycles. The molecule has 2 aromatic rings. The lowest BCUT2D eigenvalue weighted by Crippen LogP contribution is -2.34. The number of hydrogen-bond acceptors (Lipinski definition) is 5. The van der Waals surface area contributed by atoms with E-state index in [4.69, 9.17) is 5.73 Å². The number of carbonyl (C=O) groups excluding carboxylic acids is 2. The van der Waals surface area contributed by atoms with Gasteiger partial charge in [0.15, 0.2) is 4.34 Å². The van der Waals surface area contributed by atoms with E-state index in [0.717, 1.165) is 15.6 Å². The second-order valence-electron chi connectivity index (χ2n) is 3.90. The topological polar surface area (TPSA) is 85.1 Å². The van der Waals surface area contributed by atoms with Crippen LogP contribution in [0.1, 0.15) is 0 Å². The number of thiazole rings is 1. The first-order valence-electron chi connectivity index (χ1n) is 5.84. The van der Waals surface area contributed by atoms with E-state index in [-0.39, 0.29) is 18.2 Å². The van der Waals surface area contributed by atoms with Crippen LogP contribution in [0.15, 0.2) is 40.1 Å². The van der Waals surface area contributed by atoms with Crippen molar-refractivity contribution in [3.8, 4) is 11.3 Å². The average Bonchev–Trinajstić information content (AvgIpc) is 2.93. The Hall–Kier alpha value is -1.86. The van der Waals surface area contributed by atoms with E-state index >= 15 is 0 Å². The lowest BCUT2D eigenvalue weighted by atomic mass is 10.2. The summed E-state index contributed by atoms with van der Waals surface area (Å²) in [6.45, 7) is -0.132. The number of nitrogens with two attached hydrogens (primary N) is 1. The zero-order valence-corrected chi connectivity index (χ0v) is 12.2. The Morgan fingerprint density at radius 1 is 1.30 bits per heavy atom. The summed E-state index contributed by atoms with van der Waals surface area (Å²) in [4.78, 5) is 26.4. The summed E-state index contributed by atoms with van der Waals surface area (Å²) in [6, 6.07) is 9.85. The monoisotopic (exact) mass is 307 g/mol. The van der Waals surface area contributed by atoms with E-state index in [0.29, 0.717) is 0 Å². The molecule has 0 radical (unpaired) electrons. The van der Waals surface area contributed by atoms with Crippen LogP contribution in [0.5, 0.6) is 0 Å². The van der Waals surface area contributed by atoms with Crippen molar-refractivity contribution in [3.05, 3.63) is 35.7 Å². The maximum Gasteiger partial charge on any atom is 0.236 e. The van der Waals surface area contributed by atoms with Crippen molar-refractivity contribution in [2.75, 3.05) is 12.3 Å². The molecule has 104 valence electrons. The van der Waals surface area contributed by atoms with Crippen molar-refractivity contribution < 1.29 is 9.59 Å². The second kappa shape index (κ2) is 7.06. The van der Waals surface area contributed by atoms with Gasteiger partial charge in [0.25, 0.3) is 0 Å². The molecule has 20 heavy (non-hydrogen) atoms. The van der Waals surface area contributed by atoms with Gasteiger partial charge in [0.05, 0.1) is 18.0 Å². The van der Waals surface area contributed by atoms with Crippen LogP contribution in [0.4, 0.5) is 0 Å². The highest BCUT2D eigenvalue weighted by Gasteiger charge is 2.08. The zero-order valence-electron chi connectivity index (χ0n) is 10.5. The van der Waals surface area contributed by atoms with Gasteiger partial charge < -0.3 is 11.1 Å². The molecule has 0 atom stereocenters. The van der Waals surface area contributed by atoms with E-state index in [1.54, 1.807) is 0 Å². The third-order valence-electron chi connectivity index (χ3n) is 2.34. The first-order valence-corrected chi connectivity index (χ1v) is 7.70. The van der Waals surface area contributed by atoms with Crippen LogP contribution in [0.3, 0.4) is 0 Å². The molecule has 0 saturated carbocycles. The molecule has 1 aromatic carbocycles. The molecule has 0 fully saturated rings. The van der Waals surface area contributed by atoms with Crippen LogP contribution >= 0.6 is 23.1 Å². The minimum atomic E-state index is -0.552. The maximum atomic E-state index is 11.4. The molecule has 5 nitrogen and oxygen atoms in total. The van der Waals surface area contributed by atoms with E-state index in [1.807, 2.05) is 35.7 Å². The summed E-state index contributed by atoms with van der Waals surface area (Å²) in [5.74, 6) is -0.566. The fourth-order valence-corrected chi connectivity index (χ4v) is 3.09. The minimum absolute atomic E-state index is 0.132. The van der Waals surface area contributed by atoms with E-state index in [2.05, 4.69) is 10.3 Å². The largest absolute Gasteiger partial charge is 0.368 e. The Bertz CT molecular complexity index is 599. The summed E-state index contributed by atoms with van der Waals surface area (Å²) in [6.07, 6.45) is 0. The van der Waals surface area contributed by atoms with Gasteiger partial charge in [-0.25, -0.2) is 4.98 Å². The Kier molecular flexibility index (Phi) is 5.14. The number of benzene rings is 1. The molecule has 0 unspecified atom stereocenters. The Balaban J connectivity index is 1.87. The van der Waals surface area contributed by atoms with Crippen LogP contribution in [0.2, 0.25) is 0 Å². The predicted octanol–water partition coefficient (Wildman–Crippen LogP) is 1.50. The smallest absolute Gasteiger partial charge is 0.236 e. The Labute approximate surface area is 124 Å². The van der Waals surface area contributed by atoms with Crippen molar-refractivity contribution >= 4 is 34.9 Å². The van der Waals surface area contributed by atoms with Gasteiger partial charge in [-0.15, -0.1) is 11.3 Å². The molecule has 2 rings (SSSR count). The molecular weight excluding hydrogens is 294 g/mol.